The van der Waals surface area contributed by atoms with Crippen molar-refractivity contribution in [2.45, 2.75) is 38.3 Å². The molecule has 1 aliphatic heterocycles. The number of nitrogens with two attached hydrogens (primary N) is 1. The van der Waals surface area contributed by atoms with E-state index in [1.807, 2.05) is 18.2 Å². The van der Waals surface area contributed by atoms with Gasteiger partial charge in [-0.2, -0.15) is 0 Å². The summed E-state index contributed by atoms with van der Waals surface area (Å²) in [6.07, 6.45) is 5.08. The lowest BCUT2D eigenvalue weighted by Crippen LogP contribution is -2.31. The first-order valence-electron chi connectivity index (χ1n) is 8.95. The highest BCUT2D eigenvalue weighted by molar-refractivity contribution is 5.73. The number of ether oxygens (including phenoxy) is 1. The molecule has 0 aliphatic carbocycles. The molecule has 7 heteroatoms. The Bertz CT molecular complexity index is 919. The van der Waals surface area contributed by atoms with E-state index in [1.165, 1.54) is 0 Å². The van der Waals surface area contributed by atoms with Crippen molar-refractivity contribution in [2.75, 3.05) is 24.2 Å². The van der Waals surface area contributed by atoms with Crippen LogP contribution in [0.3, 0.4) is 0 Å². The van der Waals surface area contributed by atoms with Crippen molar-refractivity contribution < 1.29 is 4.74 Å². The SMILES string of the molecule is CC1(C)OCC[C@H]1n1c(NCCc2ccccc2N)nc2cncnc21. The highest BCUT2D eigenvalue weighted by Crippen LogP contribution is 2.39. The van der Waals surface area contributed by atoms with Gasteiger partial charge in [-0.15, -0.1) is 0 Å². The summed E-state index contributed by atoms with van der Waals surface area (Å²) in [5.41, 5.74) is 9.35. The molecule has 1 saturated heterocycles. The molecule has 0 radical (unpaired) electrons. The molecule has 136 valence electrons. The number of hydrogen-bond acceptors (Lipinski definition) is 6. The van der Waals surface area contributed by atoms with Crippen molar-refractivity contribution in [1.29, 1.82) is 0 Å². The molecule has 0 saturated carbocycles. The number of hydrogen-bond donors (Lipinski definition) is 2. The predicted octanol–water partition coefficient (Wildman–Crippen LogP) is 2.80. The number of fused-ring (bicyclic) bond motifs is 1. The van der Waals surface area contributed by atoms with Gasteiger partial charge in [0.25, 0.3) is 0 Å². The van der Waals surface area contributed by atoms with Crippen molar-refractivity contribution in [3.63, 3.8) is 0 Å². The van der Waals surface area contributed by atoms with E-state index in [-0.39, 0.29) is 11.6 Å². The fourth-order valence-corrected chi connectivity index (χ4v) is 3.66. The maximum absolute atomic E-state index is 6.04. The summed E-state index contributed by atoms with van der Waals surface area (Å²) < 4.78 is 8.10. The van der Waals surface area contributed by atoms with E-state index >= 15 is 0 Å². The lowest BCUT2D eigenvalue weighted by atomic mass is 9.99. The Kier molecular flexibility index (Phi) is 4.24. The summed E-state index contributed by atoms with van der Waals surface area (Å²) in [5, 5.41) is 3.47. The minimum Gasteiger partial charge on any atom is -0.399 e. The van der Waals surface area contributed by atoms with Gasteiger partial charge in [-0.3, -0.25) is 4.57 Å². The second-order valence-corrected chi connectivity index (χ2v) is 7.17. The lowest BCUT2D eigenvalue weighted by molar-refractivity contribution is 0.0154. The highest BCUT2D eigenvalue weighted by Gasteiger charge is 2.39. The maximum atomic E-state index is 6.04. The molecule has 1 aromatic carbocycles. The average Bonchev–Trinajstić information content (AvgIpc) is 3.15. The molecule has 3 heterocycles. The number of nitrogen functional groups attached to an aromatic ring is 1. The molecule has 1 fully saturated rings. The Morgan fingerprint density at radius 3 is 2.96 bits per heavy atom. The van der Waals surface area contributed by atoms with Crippen LogP contribution in [0.4, 0.5) is 11.6 Å². The van der Waals surface area contributed by atoms with E-state index < -0.39 is 0 Å². The van der Waals surface area contributed by atoms with Gasteiger partial charge in [0.05, 0.1) is 17.8 Å². The monoisotopic (exact) mass is 352 g/mol. The van der Waals surface area contributed by atoms with E-state index in [9.17, 15) is 0 Å². The zero-order valence-corrected chi connectivity index (χ0v) is 15.1. The van der Waals surface area contributed by atoms with Crippen LogP contribution in [0.5, 0.6) is 0 Å². The molecular formula is C19H24N6O. The van der Waals surface area contributed by atoms with Crippen LogP contribution in [0.15, 0.2) is 36.8 Å². The van der Waals surface area contributed by atoms with Crippen LogP contribution in [0.1, 0.15) is 31.9 Å². The lowest BCUT2D eigenvalue weighted by Gasteiger charge is -2.28. The summed E-state index contributed by atoms with van der Waals surface area (Å²) in [6.45, 7) is 5.71. The molecule has 0 amide bonds. The number of benzene rings is 1. The largest absolute Gasteiger partial charge is 0.399 e. The molecule has 0 unspecified atom stereocenters. The van der Waals surface area contributed by atoms with Gasteiger partial charge in [-0.05, 0) is 38.3 Å². The van der Waals surface area contributed by atoms with E-state index in [2.05, 4.69) is 39.8 Å². The van der Waals surface area contributed by atoms with Gasteiger partial charge in [-0.1, -0.05) is 18.2 Å². The summed E-state index contributed by atoms with van der Waals surface area (Å²) in [7, 11) is 0. The fourth-order valence-electron chi connectivity index (χ4n) is 3.66. The number of anilines is 2. The topological polar surface area (TPSA) is 90.9 Å². The van der Waals surface area contributed by atoms with Gasteiger partial charge in [-0.25, -0.2) is 15.0 Å². The predicted molar refractivity (Wildman–Crippen MR) is 102 cm³/mol. The van der Waals surface area contributed by atoms with Gasteiger partial charge in [0, 0.05) is 18.8 Å². The fraction of sp³-hybridized carbons (Fsp3) is 0.421. The minimum atomic E-state index is -0.265. The summed E-state index contributed by atoms with van der Waals surface area (Å²) in [5.74, 6) is 0.804. The van der Waals surface area contributed by atoms with Crippen LogP contribution >= 0.6 is 0 Å². The normalized spacial score (nSPS) is 19.1. The molecule has 26 heavy (non-hydrogen) atoms. The standard InChI is InChI=1S/C19H24N6O/c1-19(2)16(8-10-26-19)25-17-15(11-21-12-23-17)24-18(25)22-9-7-13-5-3-4-6-14(13)20/h3-6,11-12,16H,7-10,20H2,1-2H3,(H,22,24)/t16-/m1/s1. The van der Waals surface area contributed by atoms with Crippen LogP contribution in [-0.2, 0) is 11.2 Å². The molecule has 1 atom stereocenters. The Hall–Kier alpha value is -2.67. The van der Waals surface area contributed by atoms with Crippen LogP contribution in [-0.4, -0.2) is 38.3 Å². The Balaban J connectivity index is 1.62. The molecule has 0 spiro atoms. The van der Waals surface area contributed by atoms with Crippen LogP contribution < -0.4 is 11.1 Å². The zero-order valence-electron chi connectivity index (χ0n) is 15.1. The van der Waals surface area contributed by atoms with Gasteiger partial charge >= 0.3 is 0 Å². The third kappa shape index (κ3) is 2.99. The molecular weight excluding hydrogens is 328 g/mol. The highest BCUT2D eigenvalue weighted by atomic mass is 16.5. The first kappa shape index (κ1) is 16.8. The van der Waals surface area contributed by atoms with Gasteiger partial charge < -0.3 is 15.8 Å². The Morgan fingerprint density at radius 1 is 1.35 bits per heavy atom. The maximum Gasteiger partial charge on any atom is 0.205 e. The van der Waals surface area contributed by atoms with E-state index in [0.29, 0.717) is 0 Å². The molecule has 3 aromatic rings. The van der Waals surface area contributed by atoms with Crippen molar-refractivity contribution in [2.24, 2.45) is 0 Å². The number of nitrogens with zero attached hydrogens (tertiary/aromatic N) is 4. The van der Waals surface area contributed by atoms with Crippen LogP contribution in [0.25, 0.3) is 11.2 Å². The number of para-hydroxylation sites is 1. The Morgan fingerprint density at radius 2 is 2.19 bits per heavy atom. The molecule has 7 nitrogen and oxygen atoms in total. The molecule has 1 aliphatic rings. The smallest absolute Gasteiger partial charge is 0.205 e. The van der Waals surface area contributed by atoms with E-state index in [4.69, 9.17) is 15.5 Å². The summed E-state index contributed by atoms with van der Waals surface area (Å²) in [6, 6.07) is 8.12. The van der Waals surface area contributed by atoms with Crippen LogP contribution in [0, 0.1) is 0 Å². The van der Waals surface area contributed by atoms with Crippen molar-refractivity contribution in [3.8, 4) is 0 Å². The van der Waals surface area contributed by atoms with Gasteiger partial charge in [0.2, 0.25) is 5.95 Å². The molecule has 2 aromatic heterocycles. The van der Waals surface area contributed by atoms with Crippen molar-refractivity contribution in [3.05, 3.63) is 42.4 Å². The van der Waals surface area contributed by atoms with Gasteiger partial charge in [0.15, 0.2) is 5.65 Å². The van der Waals surface area contributed by atoms with Gasteiger partial charge in [0.1, 0.15) is 11.8 Å². The first-order chi connectivity index (χ1) is 12.6. The first-order valence-corrected chi connectivity index (χ1v) is 8.95. The van der Waals surface area contributed by atoms with Crippen molar-refractivity contribution >= 4 is 22.8 Å². The number of aromatic nitrogens is 4. The second-order valence-electron chi connectivity index (χ2n) is 7.17. The van der Waals surface area contributed by atoms with E-state index in [1.54, 1.807) is 12.5 Å². The zero-order chi connectivity index (χ0) is 18.1. The third-order valence-corrected chi connectivity index (χ3v) is 5.07. The number of imidazole rings is 1. The Labute approximate surface area is 152 Å². The number of rotatable bonds is 5. The van der Waals surface area contributed by atoms with E-state index in [0.717, 1.165) is 54.4 Å². The molecule has 3 N–H and O–H groups in total. The summed E-state index contributed by atoms with van der Waals surface area (Å²) in [4.78, 5) is 13.3. The molecule has 4 rings (SSSR count). The van der Waals surface area contributed by atoms with Crippen molar-refractivity contribution in [1.82, 2.24) is 19.5 Å². The van der Waals surface area contributed by atoms with Crippen LogP contribution in [0.2, 0.25) is 0 Å². The quantitative estimate of drug-likeness (QED) is 0.686. The average molecular weight is 352 g/mol. The third-order valence-electron chi connectivity index (χ3n) is 5.07. The number of nitrogens with one attached hydrogen (secondary N) is 1. The second kappa shape index (κ2) is 6.57. The molecule has 0 bridgehead atoms. The summed E-state index contributed by atoms with van der Waals surface area (Å²) >= 11 is 0. The minimum absolute atomic E-state index is 0.173.